The van der Waals surface area contributed by atoms with Crippen LogP contribution >= 0.6 is 0 Å². The van der Waals surface area contributed by atoms with Crippen molar-refractivity contribution in [2.24, 2.45) is 5.14 Å². The van der Waals surface area contributed by atoms with Crippen LogP contribution < -0.4 is 10.9 Å². The number of nitrogen functional groups attached to an aromatic ring is 1. The first-order valence-electron chi connectivity index (χ1n) is 4.41. The van der Waals surface area contributed by atoms with Crippen molar-refractivity contribution in [3.8, 4) is 5.69 Å². The van der Waals surface area contributed by atoms with Gasteiger partial charge in [-0.15, -0.1) is 0 Å². The van der Waals surface area contributed by atoms with Crippen LogP contribution in [-0.2, 0) is 10.0 Å². The molecule has 0 radical (unpaired) electrons. The molecule has 0 bridgehead atoms. The Labute approximate surface area is 92.5 Å². The number of benzene rings is 1. The number of sulfonamides is 1. The van der Waals surface area contributed by atoms with Crippen molar-refractivity contribution < 1.29 is 8.42 Å². The van der Waals surface area contributed by atoms with Crippen LogP contribution in [0.5, 0.6) is 0 Å². The van der Waals surface area contributed by atoms with E-state index < -0.39 is 10.0 Å². The van der Waals surface area contributed by atoms with Crippen molar-refractivity contribution in [1.29, 1.82) is 0 Å². The largest absolute Gasteiger partial charge is 0.399 e. The molecule has 1 heterocycles. The minimum Gasteiger partial charge on any atom is -0.399 e. The van der Waals surface area contributed by atoms with E-state index in [-0.39, 0.29) is 4.90 Å². The van der Waals surface area contributed by atoms with Crippen molar-refractivity contribution in [1.82, 2.24) is 9.78 Å². The van der Waals surface area contributed by atoms with Gasteiger partial charge in [-0.1, -0.05) is 0 Å². The van der Waals surface area contributed by atoms with Crippen LogP contribution in [0.2, 0.25) is 0 Å². The molecule has 0 saturated carbocycles. The molecule has 0 saturated heterocycles. The van der Waals surface area contributed by atoms with E-state index in [1.165, 1.54) is 10.7 Å². The van der Waals surface area contributed by atoms with Gasteiger partial charge in [0, 0.05) is 18.1 Å². The Morgan fingerprint density at radius 3 is 2.62 bits per heavy atom. The highest BCUT2D eigenvalue weighted by Gasteiger charge is 2.15. The summed E-state index contributed by atoms with van der Waals surface area (Å²) >= 11 is 0. The van der Waals surface area contributed by atoms with Crippen LogP contribution in [0.25, 0.3) is 5.69 Å². The highest BCUT2D eigenvalue weighted by atomic mass is 32.2. The second-order valence-electron chi connectivity index (χ2n) is 3.22. The van der Waals surface area contributed by atoms with Crippen LogP contribution in [0.4, 0.5) is 5.69 Å². The minimum atomic E-state index is -3.82. The van der Waals surface area contributed by atoms with Gasteiger partial charge in [-0.2, -0.15) is 5.10 Å². The van der Waals surface area contributed by atoms with Gasteiger partial charge in [-0.25, -0.2) is 18.2 Å². The molecule has 1 aromatic heterocycles. The van der Waals surface area contributed by atoms with E-state index in [2.05, 4.69) is 5.10 Å². The van der Waals surface area contributed by atoms with E-state index in [0.717, 1.165) is 0 Å². The maximum atomic E-state index is 11.4. The topological polar surface area (TPSA) is 104 Å². The molecule has 0 amide bonds. The summed E-state index contributed by atoms with van der Waals surface area (Å²) < 4.78 is 24.2. The summed E-state index contributed by atoms with van der Waals surface area (Å²) in [6, 6.07) is 6.14. The van der Waals surface area contributed by atoms with Gasteiger partial charge in [-0.3, -0.25) is 0 Å². The van der Waals surface area contributed by atoms with Crippen molar-refractivity contribution in [2.45, 2.75) is 4.90 Å². The first-order chi connectivity index (χ1) is 7.48. The van der Waals surface area contributed by atoms with Gasteiger partial charge in [-0.05, 0) is 24.3 Å². The third-order valence-electron chi connectivity index (χ3n) is 2.04. The highest BCUT2D eigenvalue weighted by molar-refractivity contribution is 7.89. The molecular weight excluding hydrogens is 228 g/mol. The van der Waals surface area contributed by atoms with Crippen molar-refractivity contribution in [3.63, 3.8) is 0 Å². The number of nitrogens with zero attached hydrogens (tertiary/aromatic N) is 2. The van der Waals surface area contributed by atoms with E-state index in [1.54, 1.807) is 30.6 Å². The standard InChI is InChI=1S/C9H10N4O2S/c10-7-2-3-8(13-5-1-4-12-13)9(6-7)16(11,14)15/h1-6H,10H2,(H2,11,14,15). The first kappa shape index (κ1) is 10.7. The van der Waals surface area contributed by atoms with Gasteiger partial charge < -0.3 is 5.73 Å². The monoisotopic (exact) mass is 238 g/mol. The number of primary sulfonamides is 1. The molecule has 7 heteroatoms. The molecule has 1 aromatic carbocycles. The summed E-state index contributed by atoms with van der Waals surface area (Å²) in [5.74, 6) is 0. The second-order valence-corrected chi connectivity index (χ2v) is 4.75. The van der Waals surface area contributed by atoms with Gasteiger partial charge >= 0.3 is 0 Å². The molecule has 4 N–H and O–H groups in total. The van der Waals surface area contributed by atoms with Crippen molar-refractivity contribution in [3.05, 3.63) is 36.7 Å². The normalized spacial score (nSPS) is 11.6. The predicted octanol–water partition coefficient (Wildman–Crippen LogP) is 0.102. The van der Waals surface area contributed by atoms with E-state index in [9.17, 15) is 8.42 Å². The smallest absolute Gasteiger partial charge is 0.240 e. The molecule has 0 aliphatic heterocycles. The summed E-state index contributed by atoms with van der Waals surface area (Å²) in [5, 5.41) is 9.05. The predicted molar refractivity (Wildman–Crippen MR) is 59.3 cm³/mol. The summed E-state index contributed by atoms with van der Waals surface area (Å²) in [6.45, 7) is 0. The van der Waals surface area contributed by atoms with Crippen LogP contribution in [0, 0.1) is 0 Å². The number of rotatable bonds is 2. The quantitative estimate of drug-likeness (QED) is 0.724. The first-order valence-corrected chi connectivity index (χ1v) is 5.95. The third-order valence-corrected chi connectivity index (χ3v) is 2.98. The number of anilines is 1. The summed E-state index contributed by atoms with van der Waals surface area (Å²) in [6.07, 6.45) is 3.17. The lowest BCUT2D eigenvalue weighted by atomic mass is 10.3. The van der Waals surface area contributed by atoms with E-state index >= 15 is 0 Å². The molecule has 0 fully saturated rings. The average Bonchev–Trinajstić information content (AvgIpc) is 2.69. The fraction of sp³-hybridized carbons (Fsp3) is 0. The van der Waals surface area contributed by atoms with E-state index in [4.69, 9.17) is 10.9 Å². The second kappa shape index (κ2) is 3.62. The molecule has 84 valence electrons. The molecule has 2 aromatic rings. The summed E-state index contributed by atoms with van der Waals surface area (Å²) in [7, 11) is -3.82. The molecular formula is C9H10N4O2S. The molecule has 0 aliphatic rings. The van der Waals surface area contributed by atoms with Gasteiger partial charge in [0.05, 0.1) is 5.69 Å². The number of nitrogens with two attached hydrogens (primary N) is 2. The Bertz CT molecular complexity index is 604. The van der Waals surface area contributed by atoms with Gasteiger partial charge in [0.2, 0.25) is 10.0 Å². The zero-order valence-corrected chi connectivity index (χ0v) is 9.05. The van der Waals surface area contributed by atoms with Crippen molar-refractivity contribution in [2.75, 3.05) is 5.73 Å². The summed E-state index contributed by atoms with van der Waals surface area (Å²) in [4.78, 5) is -0.0452. The Kier molecular flexibility index (Phi) is 2.41. The average molecular weight is 238 g/mol. The molecule has 6 nitrogen and oxygen atoms in total. The Morgan fingerprint density at radius 1 is 1.31 bits per heavy atom. The maximum Gasteiger partial charge on any atom is 0.240 e. The van der Waals surface area contributed by atoms with E-state index in [1.807, 2.05) is 0 Å². The lowest BCUT2D eigenvalue weighted by Crippen LogP contribution is -2.16. The molecule has 0 unspecified atom stereocenters. The van der Waals surface area contributed by atoms with Crippen LogP contribution in [-0.4, -0.2) is 18.2 Å². The van der Waals surface area contributed by atoms with Crippen LogP contribution in [0.1, 0.15) is 0 Å². The van der Waals surface area contributed by atoms with Crippen LogP contribution in [0.3, 0.4) is 0 Å². The zero-order valence-electron chi connectivity index (χ0n) is 8.24. The molecule has 0 aliphatic carbocycles. The highest BCUT2D eigenvalue weighted by Crippen LogP contribution is 2.20. The fourth-order valence-electron chi connectivity index (χ4n) is 1.36. The SMILES string of the molecule is Nc1ccc(-n2cccn2)c(S(N)(=O)=O)c1. The lowest BCUT2D eigenvalue weighted by Gasteiger charge is -2.08. The Hall–Kier alpha value is -1.86. The summed E-state index contributed by atoms with van der Waals surface area (Å²) in [5.41, 5.74) is 6.24. The van der Waals surface area contributed by atoms with Gasteiger partial charge in [0.1, 0.15) is 4.90 Å². The lowest BCUT2D eigenvalue weighted by molar-refractivity contribution is 0.596. The van der Waals surface area contributed by atoms with Gasteiger partial charge in [0.15, 0.2) is 0 Å². The van der Waals surface area contributed by atoms with Crippen LogP contribution in [0.15, 0.2) is 41.6 Å². The van der Waals surface area contributed by atoms with Gasteiger partial charge in [0.25, 0.3) is 0 Å². The maximum absolute atomic E-state index is 11.4. The molecule has 0 spiro atoms. The van der Waals surface area contributed by atoms with E-state index in [0.29, 0.717) is 11.4 Å². The molecule has 0 atom stereocenters. The minimum absolute atomic E-state index is 0.0452. The Morgan fingerprint density at radius 2 is 2.06 bits per heavy atom. The number of hydrogen-bond donors (Lipinski definition) is 2. The number of aromatic nitrogens is 2. The number of hydrogen-bond acceptors (Lipinski definition) is 4. The third kappa shape index (κ3) is 1.90. The van der Waals surface area contributed by atoms with Crippen molar-refractivity contribution >= 4 is 15.7 Å². The zero-order chi connectivity index (χ0) is 11.8. The Balaban J connectivity index is 2.72. The molecule has 2 rings (SSSR count). The molecule has 16 heavy (non-hydrogen) atoms. The fourth-order valence-corrected chi connectivity index (χ4v) is 2.11.